The number of rotatable bonds is 4. The molecule has 196 valence electrons. The van der Waals surface area contributed by atoms with Crippen molar-refractivity contribution in [1.82, 2.24) is 20.4 Å². The first-order valence-electron chi connectivity index (χ1n) is 12.0. The highest BCUT2D eigenvalue weighted by atomic mass is 19.4. The second-order valence-corrected chi connectivity index (χ2v) is 9.73. The number of aromatic nitrogens is 2. The molecule has 4 aliphatic rings. The van der Waals surface area contributed by atoms with Gasteiger partial charge in [-0.05, 0) is 44.8 Å². The van der Waals surface area contributed by atoms with Crippen LogP contribution in [0, 0.1) is 5.92 Å². The first-order valence-corrected chi connectivity index (χ1v) is 12.0. The lowest BCUT2D eigenvalue weighted by Gasteiger charge is -2.38. The molecule has 2 saturated heterocycles. The third-order valence-electron chi connectivity index (χ3n) is 7.30. The molecule has 13 heteroatoms. The van der Waals surface area contributed by atoms with Crippen molar-refractivity contribution in [3.05, 3.63) is 35.7 Å². The van der Waals surface area contributed by atoms with E-state index in [-0.39, 0.29) is 41.6 Å². The number of halogens is 3. The largest absolute Gasteiger partial charge is 0.573 e. The van der Waals surface area contributed by atoms with Crippen LogP contribution in [0.2, 0.25) is 0 Å². The van der Waals surface area contributed by atoms with Gasteiger partial charge < -0.3 is 23.7 Å². The highest BCUT2D eigenvalue weighted by Gasteiger charge is 2.45. The second-order valence-electron chi connectivity index (χ2n) is 9.73. The number of carbonyl (C=O) groups excluding carboxylic acids is 1. The summed E-state index contributed by atoms with van der Waals surface area (Å²) in [4.78, 5) is 24.2. The van der Waals surface area contributed by atoms with E-state index in [0.717, 1.165) is 5.71 Å². The first-order chi connectivity index (χ1) is 17.1. The fraction of sp³-hybridized carbons (Fsp3) is 0.652. The minimum absolute atomic E-state index is 0.0271. The van der Waals surface area contributed by atoms with Gasteiger partial charge in [0.05, 0.1) is 29.8 Å². The van der Waals surface area contributed by atoms with Gasteiger partial charge in [0.25, 0.3) is 0 Å². The predicted molar refractivity (Wildman–Crippen MR) is 119 cm³/mol. The Morgan fingerprint density at radius 2 is 2.08 bits per heavy atom. The summed E-state index contributed by atoms with van der Waals surface area (Å²) >= 11 is 0. The number of ether oxygens (including phenoxy) is 2. The van der Waals surface area contributed by atoms with Crippen molar-refractivity contribution in [2.75, 3.05) is 19.7 Å². The smallest absolute Gasteiger partial charge is 0.406 e. The van der Waals surface area contributed by atoms with Crippen molar-refractivity contribution in [3.8, 4) is 0 Å². The van der Waals surface area contributed by atoms with E-state index < -0.39 is 12.6 Å². The standard InChI is InChI=1S/C23H28F3N5O5/c1-13-14(2)29-35-19(13)28-21(32)31-9-7-22(8-10-31)11-16(12-33-22)18-27-20(36-30-18)15-3-5-17(6-4-15)34-23(24,25)26/h3,5-6,13,15-16,19H,4,7-12H2,1-2H3,(H,28,32). The SMILES string of the molecule is CC1=NOC(NC(=O)N2CCC3(CC2)CC(c2noc(C4C=CC(OC(F)(F)F)=CC4)n2)CO3)C1C. The molecule has 36 heavy (non-hydrogen) atoms. The lowest BCUT2D eigenvalue weighted by molar-refractivity contribution is -0.303. The Morgan fingerprint density at radius 3 is 2.72 bits per heavy atom. The van der Waals surface area contributed by atoms with E-state index >= 15 is 0 Å². The van der Waals surface area contributed by atoms with Crippen LogP contribution < -0.4 is 5.32 Å². The van der Waals surface area contributed by atoms with Crippen LogP contribution in [-0.4, -0.2) is 64.7 Å². The Labute approximate surface area is 205 Å². The number of hydrogen-bond acceptors (Lipinski definition) is 8. The van der Waals surface area contributed by atoms with Crippen molar-refractivity contribution < 1.29 is 36.8 Å². The molecule has 1 aromatic heterocycles. The van der Waals surface area contributed by atoms with Crippen molar-refractivity contribution in [1.29, 1.82) is 0 Å². The zero-order valence-electron chi connectivity index (χ0n) is 20.0. The molecule has 2 fully saturated rings. The molecule has 0 saturated carbocycles. The van der Waals surface area contributed by atoms with Crippen LogP contribution in [0.1, 0.15) is 63.1 Å². The van der Waals surface area contributed by atoms with Crippen LogP contribution in [0.4, 0.5) is 18.0 Å². The number of piperidine rings is 1. The number of allylic oxidation sites excluding steroid dienone is 3. The number of nitrogens with zero attached hydrogens (tertiary/aromatic N) is 4. The third-order valence-corrected chi connectivity index (χ3v) is 7.30. The normalized spacial score (nSPS) is 29.6. The molecule has 4 unspecified atom stereocenters. The number of likely N-dealkylation sites (tertiary alicyclic amines) is 1. The maximum atomic E-state index is 12.7. The molecule has 5 rings (SSSR count). The van der Waals surface area contributed by atoms with E-state index in [2.05, 4.69) is 25.4 Å². The molecular weight excluding hydrogens is 483 g/mol. The van der Waals surface area contributed by atoms with E-state index in [1.807, 2.05) is 13.8 Å². The van der Waals surface area contributed by atoms with Gasteiger partial charge in [0, 0.05) is 19.0 Å². The first kappa shape index (κ1) is 24.6. The molecular formula is C23H28F3N5O5. The Bertz CT molecular complexity index is 1080. The van der Waals surface area contributed by atoms with Crippen molar-refractivity contribution in [3.63, 3.8) is 0 Å². The van der Waals surface area contributed by atoms with E-state index in [9.17, 15) is 18.0 Å². The minimum atomic E-state index is -4.73. The molecule has 0 radical (unpaired) electrons. The summed E-state index contributed by atoms with van der Waals surface area (Å²) in [6.45, 7) is 5.38. The molecule has 0 aromatic carbocycles. The molecule has 1 spiro atoms. The number of oxime groups is 1. The highest BCUT2D eigenvalue weighted by molar-refractivity contribution is 5.86. The Balaban J connectivity index is 1.12. The maximum Gasteiger partial charge on any atom is 0.573 e. The number of urea groups is 1. The molecule has 1 aliphatic carbocycles. The van der Waals surface area contributed by atoms with Gasteiger partial charge in [-0.15, -0.1) is 13.2 Å². The van der Waals surface area contributed by atoms with E-state index in [4.69, 9.17) is 14.1 Å². The fourth-order valence-corrected chi connectivity index (χ4v) is 4.93. The summed E-state index contributed by atoms with van der Waals surface area (Å²) in [5.74, 6) is 0.282. The van der Waals surface area contributed by atoms with Crippen molar-refractivity contribution in [2.24, 2.45) is 11.1 Å². The Hall–Kier alpha value is -3.09. The van der Waals surface area contributed by atoms with E-state index in [0.29, 0.717) is 50.7 Å². The van der Waals surface area contributed by atoms with Gasteiger partial charge in [-0.3, -0.25) is 5.32 Å². The van der Waals surface area contributed by atoms with Crippen LogP contribution in [0.5, 0.6) is 0 Å². The van der Waals surface area contributed by atoms with Gasteiger partial charge in [0.1, 0.15) is 5.76 Å². The summed E-state index contributed by atoms with van der Waals surface area (Å²) in [7, 11) is 0. The predicted octanol–water partition coefficient (Wildman–Crippen LogP) is 3.95. The maximum absolute atomic E-state index is 12.7. The Morgan fingerprint density at radius 1 is 1.31 bits per heavy atom. The summed E-state index contributed by atoms with van der Waals surface area (Å²) < 4.78 is 52.7. The number of carbonyl (C=O) groups is 1. The summed E-state index contributed by atoms with van der Waals surface area (Å²) in [6, 6.07) is -0.178. The number of amides is 2. The molecule has 2 amide bonds. The number of nitrogens with one attached hydrogen (secondary N) is 1. The summed E-state index contributed by atoms with van der Waals surface area (Å²) in [5, 5.41) is 10.9. The molecule has 1 aromatic rings. The molecule has 10 nitrogen and oxygen atoms in total. The van der Waals surface area contributed by atoms with E-state index in [1.54, 1.807) is 11.0 Å². The topological polar surface area (TPSA) is 111 Å². The average Bonchev–Trinajstić information content (AvgIpc) is 3.55. The van der Waals surface area contributed by atoms with Gasteiger partial charge in [-0.25, -0.2) is 4.79 Å². The summed E-state index contributed by atoms with van der Waals surface area (Å²) in [5.41, 5.74) is 0.500. The van der Waals surface area contributed by atoms with Crippen LogP contribution in [0.3, 0.4) is 0 Å². The summed E-state index contributed by atoms with van der Waals surface area (Å²) in [6.07, 6.45) is 1.36. The van der Waals surface area contributed by atoms with E-state index in [1.165, 1.54) is 12.2 Å². The molecule has 4 atom stereocenters. The van der Waals surface area contributed by atoms with Crippen LogP contribution in [0.25, 0.3) is 0 Å². The van der Waals surface area contributed by atoms with Gasteiger partial charge in [-0.2, -0.15) is 4.98 Å². The zero-order chi connectivity index (χ0) is 25.5. The number of hydrogen-bond donors (Lipinski definition) is 1. The zero-order valence-corrected chi connectivity index (χ0v) is 20.0. The van der Waals surface area contributed by atoms with Gasteiger partial charge >= 0.3 is 12.4 Å². The Kier molecular flexibility index (Phi) is 6.43. The number of alkyl halides is 3. The lowest BCUT2D eigenvalue weighted by Crippen LogP contribution is -2.52. The molecule has 3 aliphatic heterocycles. The molecule has 4 heterocycles. The van der Waals surface area contributed by atoms with Gasteiger partial charge in [0.2, 0.25) is 12.1 Å². The monoisotopic (exact) mass is 511 g/mol. The van der Waals surface area contributed by atoms with Crippen LogP contribution >= 0.6 is 0 Å². The van der Waals surface area contributed by atoms with Crippen molar-refractivity contribution >= 4 is 11.7 Å². The van der Waals surface area contributed by atoms with Crippen LogP contribution in [0.15, 0.2) is 33.7 Å². The van der Waals surface area contributed by atoms with Crippen molar-refractivity contribution in [2.45, 2.75) is 69.6 Å². The molecule has 1 N–H and O–H groups in total. The lowest BCUT2D eigenvalue weighted by atomic mass is 9.85. The minimum Gasteiger partial charge on any atom is -0.406 e. The third kappa shape index (κ3) is 5.20. The highest BCUT2D eigenvalue weighted by Crippen LogP contribution is 2.42. The average molecular weight is 512 g/mol. The van der Waals surface area contributed by atoms with Crippen LogP contribution in [-0.2, 0) is 14.3 Å². The van der Waals surface area contributed by atoms with Gasteiger partial charge in [-0.1, -0.05) is 23.3 Å². The molecule has 0 bridgehead atoms. The quantitative estimate of drug-likeness (QED) is 0.652. The second kappa shape index (κ2) is 9.41. The fourth-order valence-electron chi connectivity index (χ4n) is 4.93. The van der Waals surface area contributed by atoms with Gasteiger partial charge in [0.15, 0.2) is 5.82 Å².